The number of amides is 1. The van der Waals surface area contributed by atoms with E-state index in [1.165, 1.54) is 12.8 Å². The quantitative estimate of drug-likeness (QED) is 0.479. The molecule has 2 aromatic rings. The lowest BCUT2D eigenvalue weighted by atomic mass is 10.0. The molecule has 1 amide bonds. The van der Waals surface area contributed by atoms with Crippen molar-refractivity contribution in [3.05, 3.63) is 41.6 Å². The highest BCUT2D eigenvalue weighted by atomic mass is 16.5. The van der Waals surface area contributed by atoms with Crippen LogP contribution in [-0.2, 0) is 4.79 Å². The molecule has 1 saturated carbocycles. The van der Waals surface area contributed by atoms with Gasteiger partial charge in [-0.15, -0.1) is 0 Å². The number of nitrogens with one attached hydrogen (secondary N) is 2. The Balaban J connectivity index is 1.78. The van der Waals surface area contributed by atoms with E-state index in [1.807, 2.05) is 30.3 Å². The zero-order valence-corrected chi connectivity index (χ0v) is 15.5. The third-order valence-corrected chi connectivity index (χ3v) is 4.90. The van der Waals surface area contributed by atoms with Gasteiger partial charge in [-0.3, -0.25) is 9.89 Å². The Bertz CT molecular complexity index is 838. The molecule has 3 rings (SSSR count). The molecule has 1 fully saturated rings. The lowest BCUT2D eigenvalue weighted by Crippen LogP contribution is -2.35. The molecule has 6 heteroatoms. The van der Waals surface area contributed by atoms with Gasteiger partial charge in [0.2, 0.25) is 0 Å². The van der Waals surface area contributed by atoms with Crippen LogP contribution in [0, 0.1) is 11.3 Å². The van der Waals surface area contributed by atoms with E-state index in [0.29, 0.717) is 5.56 Å². The maximum Gasteiger partial charge on any atom is 0.262 e. The van der Waals surface area contributed by atoms with Crippen LogP contribution >= 0.6 is 0 Å². The van der Waals surface area contributed by atoms with Crippen LogP contribution in [0.1, 0.15) is 44.1 Å². The highest BCUT2D eigenvalue weighted by Crippen LogP contribution is 2.25. The van der Waals surface area contributed by atoms with Gasteiger partial charge in [0.15, 0.2) is 0 Å². The first-order valence-electron chi connectivity index (χ1n) is 9.31. The number of aromatic amines is 1. The van der Waals surface area contributed by atoms with Crippen molar-refractivity contribution in [1.29, 1.82) is 5.26 Å². The molecule has 6 nitrogen and oxygen atoms in total. The number of nitrogens with zero attached hydrogens (tertiary/aromatic N) is 2. The summed E-state index contributed by atoms with van der Waals surface area (Å²) in [6.45, 7) is 0. The number of benzene rings is 1. The molecule has 1 aliphatic carbocycles. The molecule has 0 unspecified atom stereocenters. The van der Waals surface area contributed by atoms with E-state index in [4.69, 9.17) is 4.74 Å². The van der Waals surface area contributed by atoms with Gasteiger partial charge in [-0.25, -0.2) is 0 Å². The number of nitriles is 1. The number of hydrogen-bond acceptors (Lipinski definition) is 4. The standard InChI is InChI=1S/C21H24N4O2/c1-27-19-10-8-15(9-11-19)20-17(14-23-25-20)12-16(13-22)21(26)24-18-6-4-2-3-5-7-18/h8-12,14,18H,2-7H2,1H3,(H,23,25)(H,24,26)/b16-12-. The Morgan fingerprint density at radius 2 is 1.96 bits per heavy atom. The van der Waals surface area contributed by atoms with Gasteiger partial charge in [-0.1, -0.05) is 25.7 Å². The van der Waals surface area contributed by atoms with Crippen molar-refractivity contribution in [3.63, 3.8) is 0 Å². The van der Waals surface area contributed by atoms with E-state index in [2.05, 4.69) is 15.5 Å². The van der Waals surface area contributed by atoms with E-state index in [-0.39, 0.29) is 17.5 Å². The minimum atomic E-state index is -0.314. The van der Waals surface area contributed by atoms with Gasteiger partial charge in [0.1, 0.15) is 17.4 Å². The van der Waals surface area contributed by atoms with E-state index in [9.17, 15) is 10.1 Å². The summed E-state index contributed by atoms with van der Waals surface area (Å²) in [4.78, 5) is 12.6. The molecule has 0 bridgehead atoms. The number of hydrogen-bond donors (Lipinski definition) is 2. The topological polar surface area (TPSA) is 90.8 Å². The van der Waals surface area contributed by atoms with E-state index < -0.39 is 0 Å². The van der Waals surface area contributed by atoms with Crippen LogP contribution in [-0.4, -0.2) is 29.3 Å². The summed E-state index contributed by atoms with van der Waals surface area (Å²) in [7, 11) is 1.62. The molecule has 0 saturated heterocycles. The van der Waals surface area contributed by atoms with Crippen molar-refractivity contribution < 1.29 is 9.53 Å². The molecule has 140 valence electrons. The van der Waals surface area contributed by atoms with Crippen molar-refractivity contribution in [1.82, 2.24) is 15.5 Å². The fourth-order valence-electron chi connectivity index (χ4n) is 3.38. The van der Waals surface area contributed by atoms with Crippen LogP contribution < -0.4 is 10.1 Å². The number of ether oxygens (including phenoxy) is 1. The Hall–Kier alpha value is -3.07. The zero-order chi connectivity index (χ0) is 19.1. The predicted molar refractivity (Wildman–Crippen MR) is 104 cm³/mol. The number of carbonyl (C=O) groups is 1. The van der Waals surface area contributed by atoms with Gasteiger partial charge in [-0.05, 0) is 43.2 Å². The average Bonchev–Trinajstić information content (AvgIpc) is 3.01. The van der Waals surface area contributed by atoms with E-state index in [0.717, 1.165) is 42.7 Å². The molecular formula is C21H24N4O2. The summed E-state index contributed by atoms with van der Waals surface area (Å²) in [5.41, 5.74) is 2.46. The van der Waals surface area contributed by atoms with Gasteiger partial charge in [0.05, 0.1) is 19.0 Å². The fourth-order valence-corrected chi connectivity index (χ4v) is 3.38. The van der Waals surface area contributed by atoms with E-state index in [1.54, 1.807) is 19.4 Å². The summed E-state index contributed by atoms with van der Waals surface area (Å²) in [6.07, 6.45) is 9.85. The average molecular weight is 364 g/mol. The van der Waals surface area contributed by atoms with Crippen LogP contribution in [0.5, 0.6) is 5.75 Å². The first kappa shape index (κ1) is 18.7. The highest BCUT2D eigenvalue weighted by molar-refractivity contribution is 6.02. The predicted octanol–water partition coefficient (Wildman–Crippen LogP) is 3.83. The molecule has 2 N–H and O–H groups in total. The van der Waals surface area contributed by atoms with Crippen molar-refractivity contribution >= 4 is 12.0 Å². The summed E-state index contributed by atoms with van der Waals surface area (Å²) in [6, 6.07) is 9.70. The molecule has 1 heterocycles. The monoisotopic (exact) mass is 364 g/mol. The number of carbonyl (C=O) groups excluding carboxylic acids is 1. The summed E-state index contributed by atoms with van der Waals surface area (Å²) in [5.74, 6) is 0.446. The molecule has 0 spiro atoms. The first-order valence-corrected chi connectivity index (χ1v) is 9.31. The number of rotatable bonds is 5. The van der Waals surface area contributed by atoms with Gasteiger partial charge in [-0.2, -0.15) is 10.4 Å². The van der Waals surface area contributed by atoms with Crippen LogP contribution in [0.2, 0.25) is 0 Å². The largest absolute Gasteiger partial charge is 0.497 e. The third-order valence-electron chi connectivity index (χ3n) is 4.90. The second kappa shape index (κ2) is 9.04. The fraction of sp³-hybridized carbons (Fsp3) is 0.381. The molecule has 27 heavy (non-hydrogen) atoms. The van der Waals surface area contributed by atoms with Crippen molar-refractivity contribution in [2.24, 2.45) is 0 Å². The molecule has 1 aromatic carbocycles. The Kier molecular flexibility index (Phi) is 6.26. The third kappa shape index (κ3) is 4.76. The zero-order valence-electron chi connectivity index (χ0n) is 15.5. The van der Waals surface area contributed by atoms with Crippen LogP contribution in [0.15, 0.2) is 36.0 Å². The Morgan fingerprint density at radius 3 is 2.59 bits per heavy atom. The number of methoxy groups -OCH3 is 1. The van der Waals surface area contributed by atoms with Gasteiger partial charge in [0, 0.05) is 17.2 Å². The molecule has 0 radical (unpaired) electrons. The second-order valence-electron chi connectivity index (χ2n) is 6.76. The molecule has 1 aromatic heterocycles. The lowest BCUT2D eigenvalue weighted by molar-refractivity contribution is -0.117. The molecule has 1 aliphatic rings. The van der Waals surface area contributed by atoms with Gasteiger partial charge < -0.3 is 10.1 Å². The summed E-state index contributed by atoms with van der Waals surface area (Å²) >= 11 is 0. The second-order valence-corrected chi connectivity index (χ2v) is 6.76. The van der Waals surface area contributed by atoms with Crippen LogP contribution in [0.4, 0.5) is 0 Å². The minimum Gasteiger partial charge on any atom is -0.497 e. The van der Waals surface area contributed by atoms with E-state index >= 15 is 0 Å². The van der Waals surface area contributed by atoms with Crippen LogP contribution in [0.25, 0.3) is 17.3 Å². The van der Waals surface area contributed by atoms with Crippen molar-refractivity contribution in [3.8, 4) is 23.1 Å². The summed E-state index contributed by atoms with van der Waals surface area (Å²) in [5, 5.41) is 19.5. The number of H-pyrrole nitrogens is 1. The van der Waals surface area contributed by atoms with Crippen LogP contribution in [0.3, 0.4) is 0 Å². The molecule has 0 atom stereocenters. The Labute approximate surface area is 159 Å². The lowest BCUT2D eigenvalue weighted by Gasteiger charge is -2.15. The van der Waals surface area contributed by atoms with Crippen molar-refractivity contribution in [2.45, 2.75) is 44.6 Å². The highest BCUT2D eigenvalue weighted by Gasteiger charge is 2.18. The molecular weight excluding hydrogens is 340 g/mol. The van der Waals surface area contributed by atoms with Gasteiger partial charge >= 0.3 is 0 Å². The summed E-state index contributed by atoms with van der Waals surface area (Å²) < 4.78 is 5.18. The Morgan fingerprint density at radius 1 is 1.26 bits per heavy atom. The van der Waals surface area contributed by atoms with Crippen molar-refractivity contribution in [2.75, 3.05) is 7.11 Å². The minimum absolute atomic E-state index is 0.0930. The normalized spacial score (nSPS) is 15.6. The maximum absolute atomic E-state index is 12.6. The maximum atomic E-state index is 12.6. The SMILES string of the molecule is COc1ccc(-c2[nH]ncc2/C=C(/C#N)C(=O)NC2CCCCCC2)cc1. The smallest absolute Gasteiger partial charge is 0.262 e. The first-order chi connectivity index (χ1) is 13.2. The van der Waals surface area contributed by atoms with Gasteiger partial charge in [0.25, 0.3) is 5.91 Å². The number of aromatic nitrogens is 2. The molecule has 0 aliphatic heterocycles.